The first-order valence-electron chi connectivity index (χ1n) is 7.56. The molecule has 0 aliphatic carbocycles. The van der Waals surface area contributed by atoms with Crippen molar-refractivity contribution in [3.8, 4) is 0 Å². The van der Waals surface area contributed by atoms with Gasteiger partial charge in [-0.2, -0.15) is 0 Å². The van der Waals surface area contributed by atoms with Gasteiger partial charge in [-0.15, -0.1) is 0 Å². The second-order valence-corrected chi connectivity index (χ2v) is 5.91. The van der Waals surface area contributed by atoms with Gasteiger partial charge >= 0.3 is 0 Å². The monoisotopic (exact) mass is 303 g/mol. The standard InChI is InChI=1S/C19H17N3O/c1-12-9-15-10-16(5-6-17(15)20-12)21-19(23)14-4-3-13-7-8-22(2)18(13)11-14/h3-11,20H,1-2H3,(H,21,23). The molecule has 2 aromatic heterocycles. The van der Waals surface area contributed by atoms with Crippen molar-refractivity contribution < 1.29 is 4.79 Å². The Morgan fingerprint density at radius 3 is 2.78 bits per heavy atom. The van der Waals surface area contributed by atoms with Gasteiger partial charge in [-0.25, -0.2) is 0 Å². The number of rotatable bonds is 2. The van der Waals surface area contributed by atoms with Gasteiger partial charge in [0.15, 0.2) is 0 Å². The predicted molar refractivity (Wildman–Crippen MR) is 93.9 cm³/mol. The van der Waals surface area contributed by atoms with Crippen LogP contribution in [0.4, 0.5) is 5.69 Å². The van der Waals surface area contributed by atoms with Crippen LogP contribution < -0.4 is 5.32 Å². The Kier molecular flexibility index (Phi) is 2.98. The maximum absolute atomic E-state index is 12.5. The molecule has 4 rings (SSSR count). The first-order chi connectivity index (χ1) is 11.1. The minimum Gasteiger partial charge on any atom is -0.359 e. The van der Waals surface area contributed by atoms with E-state index < -0.39 is 0 Å². The molecule has 2 aromatic carbocycles. The Morgan fingerprint density at radius 2 is 1.91 bits per heavy atom. The number of fused-ring (bicyclic) bond motifs is 2. The highest BCUT2D eigenvalue weighted by molar-refractivity contribution is 6.06. The number of carbonyl (C=O) groups excluding carboxylic acids is 1. The Morgan fingerprint density at radius 1 is 1.04 bits per heavy atom. The normalized spacial score (nSPS) is 11.2. The summed E-state index contributed by atoms with van der Waals surface area (Å²) in [7, 11) is 1.98. The van der Waals surface area contributed by atoms with Gasteiger partial charge < -0.3 is 14.9 Å². The number of anilines is 1. The van der Waals surface area contributed by atoms with Crippen molar-refractivity contribution in [2.45, 2.75) is 6.92 Å². The fourth-order valence-electron chi connectivity index (χ4n) is 2.96. The smallest absolute Gasteiger partial charge is 0.255 e. The molecule has 0 radical (unpaired) electrons. The molecule has 4 nitrogen and oxygen atoms in total. The summed E-state index contributed by atoms with van der Waals surface area (Å²) in [5.41, 5.74) is 4.69. The number of H-pyrrole nitrogens is 1. The average Bonchev–Trinajstić information content (AvgIpc) is 3.09. The highest BCUT2D eigenvalue weighted by Gasteiger charge is 2.09. The molecule has 0 saturated carbocycles. The van der Waals surface area contributed by atoms with Crippen molar-refractivity contribution in [2.24, 2.45) is 7.05 Å². The summed E-state index contributed by atoms with van der Waals surface area (Å²) in [6, 6.07) is 15.7. The lowest BCUT2D eigenvalue weighted by Gasteiger charge is -2.06. The first-order valence-corrected chi connectivity index (χ1v) is 7.56. The highest BCUT2D eigenvalue weighted by atomic mass is 16.1. The van der Waals surface area contributed by atoms with E-state index in [2.05, 4.69) is 16.4 Å². The molecule has 23 heavy (non-hydrogen) atoms. The van der Waals surface area contributed by atoms with Gasteiger partial charge in [0.25, 0.3) is 5.91 Å². The maximum Gasteiger partial charge on any atom is 0.255 e. The summed E-state index contributed by atoms with van der Waals surface area (Å²) in [6.07, 6.45) is 1.99. The SMILES string of the molecule is Cc1cc2cc(NC(=O)c3ccc4ccn(C)c4c3)ccc2[nH]1. The van der Waals surface area contributed by atoms with Crippen molar-refractivity contribution >= 4 is 33.4 Å². The van der Waals surface area contributed by atoms with Crippen LogP contribution in [0, 0.1) is 6.92 Å². The minimum absolute atomic E-state index is 0.0975. The molecule has 114 valence electrons. The Bertz CT molecular complexity index is 1040. The third kappa shape index (κ3) is 2.38. The Hall–Kier alpha value is -3.01. The number of aromatic nitrogens is 2. The maximum atomic E-state index is 12.5. The van der Waals surface area contributed by atoms with Gasteiger partial charge in [-0.3, -0.25) is 4.79 Å². The number of amides is 1. The van der Waals surface area contributed by atoms with Crippen LogP contribution in [0.1, 0.15) is 16.1 Å². The van der Waals surface area contributed by atoms with Gasteiger partial charge in [-0.05, 0) is 54.8 Å². The summed E-state index contributed by atoms with van der Waals surface area (Å²) in [5.74, 6) is -0.0975. The molecule has 0 unspecified atom stereocenters. The summed E-state index contributed by atoms with van der Waals surface area (Å²) in [4.78, 5) is 15.8. The van der Waals surface area contributed by atoms with E-state index in [1.165, 1.54) is 0 Å². The first kappa shape index (κ1) is 13.6. The number of aryl methyl sites for hydroxylation is 2. The van der Waals surface area contributed by atoms with Crippen LogP contribution in [0.2, 0.25) is 0 Å². The Balaban J connectivity index is 1.65. The number of aromatic amines is 1. The van der Waals surface area contributed by atoms with E-state index in [9.17, 15) is 4.79 Å². The fourth-order valence-corrected chi connectivity index (χ4v) is 2.96. The van der Waals surface area contributed by atoms with Gasteiger partial charge in [0, 0.05) is 46.6 Å². The lowest BCUT2D eigenvalue weighted by molar-refractivity contribution is 0.102. The van der Waals surface area contributed by atoms with E-state index in [4.69, 9.17) is 0 Å². The van der Waals surface area contributed by atoms with E-state index >= 15 is 0 Å². The molecule has 2 N–H and O–H groups in total. The lowest BCUT2D eigenvalue weighted by Crippen LogP contribution is -2.11. The number of nitrogens with zero attached hydrogens (tertiary/aromatic N) is 1. The van der Waals surface area contributed by atoms with E-state index in [0.717, 1.165) is 33.2 Å². The molecule has 0 bridgehead atoms. The van der Waals surface area contributed by atoms with Gasteiger partial charge in [-0.1, -0.05) is 6.07 Å². The highest BCUT2D eigenvalue weighted by Crippen LogP contribution is 2.21. The molecular weight excluding hydrogens is 286 g/mol. The zero-order valence-corrected chi connectivity index (χ0v) is 13.1. The number of carbonyl (C=O) groups is 1. The van der Waals surface area contributed by atoms with Crippen LogP contribution in [-0.4, -0.2) is 15.5 Å². The third-order valence-electron chi connectivity index (χ3n) is 4.16. The molecule has 4 heteroatoms. The molecular formula is C19H17N3O. The summed E-state index contributed by atoms with van der Waals surface area (Å²) in [5, 5.41) is 5.20. The molecule has 0 aliphatic heterocycles. The lowest BCUT2D eigenvalue weighted by atomic mass is 10.1. The topological polar surface area (TPSA) is 49.8 Å². The molecule has 0 fully saturated rings. The third-order valence-corrected chi connectivity index (χ3v) is 4.16. The van der Waals surface area contributed by atoms with E-state index in [-0.39, 0.29) is 5.91 Å². The molecule has 4 aromatic rings. The van der Waals surface area contributed by atoms with Gasteiger partial charge in [0.2, 0.25) is 0 Å². The van der Waals surface area contributed by atoms with Crippen LogP contribution in [0.15, 0.2) is 54.7 Å². The van der Waals surface area contributed by atoms with Crippen LogP contribution in [0.5, 0.6) is 0 Å². The summed E-state index contributed by atoms with van der Waals surface area (Å²) in [6.45, 7) is 2.02. The number of hydrogen-bond donors (Lipinski definition) is 2. The van der Waals surface area contributed by atoms with Crippen molar-refractivity contribution in [3.63, 3.8) is 0 Å². The van der Waals surface area contributed by atoms with Crippen molar-refractivity contribution in [1.82, 2.24) is 9.55 Å². The zero-order chi connectivity index (χ0) is 16.0. The number of benzene rings is 2. The van der Waals surface area contributed by atoms with Crippen LogP contribution >= 0.6 is 0 Å². The second-order valence-electron chi connectivity index (χ2n) is 5.91. The average molecular weight is 303 g/mol. The fraction of sp³-hybridized carbons (Fsp3) is 0.105. The minimum atomic E-state index is -0.0975. The molecule has 0 spiro atoms. The van der Waals surface area contributed by atoms with Crippen LogP contribution in [0.25, 0.3) is 21.8 Å². The van der Waals surface area contributed by atoms with Crippen LogP contribution in [0.3, 0.4) is 0 Å². The van der Waals surface area contributed by atoms with E-state index in [0.29, 0.717) is 5.56 Å². The Labute approximate surface area is 133 Å². The largest absolute Gasteiger partial charge is 0.359 e. The van der Waals surface area contributed by atoms with Crippen molar-refractivity contribution in [2.75, 3.05) is 5.32 Å². The quantitative estimate of drug-likeness (QED) is 0.572. The van der Waals surface area contributed by atoms with E-state index in [1.54, 1.807) is 0 Å². The zero-order valence-electron chi connectivity index (χ0n) is 13.1. The van der Waals surface area contributed by atoms with Crippen LogP contribution in [-0.2, 0) is 7.05 Å². The van der Waals surface area contributed by atoms with Crippen molar-refractivity contribution in [3.05, 3.63) is 66.0 Å². The molecule has 0 atom stereocenters. The number of nitrogens with one attached hydrogen (secondary N) is 2. The van der Waals surface area contributed by atoms with E-state index in [1.807, 2.05) is 67.2 Å². The molecule has 0 saturated heterocycles. The molecule has 1 amide bonds. The number of hydrogen-bond acceptors (Lipinski definition) is 1. The van der Waals surface area contributed by atoms with Gasteiger partial charge in [0.05, 0.1) is 0 Å². The predicted octanol–water partition coefficient (Wildman–Crippen LogP) is 4.22. The summed E-state index contributed by atoms with van der Waals surface area (Å²) < 4.78 is 2.01. The molecule has 2 heterocycles. The molecule has 0 aliphatic rings. The second kappa shape index (κ2) is 5.02. The van der Waals surface area contributed by atoms with Crippen molar-refractivity contribution in [1.29, 1.82) is 0 Å². The van der Waals surface area contributed by atoms with Gasteiger partial charge in [0.1, 0.15) is 0 Å². The summed E-state index contributed by atoms with van der Waals surface area (Å²) >= 11 is 0.